The second kappa shape index (κ2) is 8.59. The summed E-state index contributed by atoms with van der Waals surface area (Å²) in [7, 11) is -7.42. The van der Waals surface area contributed by atoms with E-state index < -0.39 is 20.0 Å². The molecule has 7 nitrogen and oxygen atoms in total. The predicted octanol–water partition coefficient (Wildman–Crippen LogP) is 0.779. The predicted molar refractivity (Wildman–Crippen MR) is 95.4 cm³/mol. The van der Waals surface area contributed by atoms with E-state index in [1.807, 2.05) is 0 Å². The molecule has 1 aromatic rings. The Morgan fingerprint density at radius 2 is 1.79 bits per heavy atom. The number of nitrogens with one attached hydrogen (secondary N) is 2. The Bertz CT molecular complexity index is 743. The fourth-order valence-electron chi connectivity index (χ4n) is 2.56. The maximum atomic E-state index is 12.5. The monoisotopic (exact) mass is 397 g/mol. The van der Waals surface area contributed by atoms with Crippen LogP contribution in [-0.2, 0) is 20.0 Å². The van der Waals surface area contributed by atoms with Gasteiger partial charge in [-0.15, -0.1) is 12.4 Å². The first kappa shape index (κ1) is 21.3. The molecule has 0 aromatic heterocycles. The lowest BCUT2D eigenvalue weighted by Gasteiger charge is -2.19. The molecule has 1 saturated heterocycles. The second-order valence-electron chi connectivity index (χ2n) is 5.38. The number of rotatable bonds is 7. The Morgan fingerprint density at radius 1 is 1.17 bits per heavy atom. The molecule has 0 amide bonds. The van der Waals surface area contributed by atoms with Crippen molar-refractivity contribution in [3.05, 3.63) is 24.3 Å². The first-order valence-electron chi connectivity index (χ1n) is 7.64. The van der Waals surface area contributed by atoms with Crippen molar-refractivity contribution in [1.82, 2.24) is 14.3 Å². The van der Waals surface area contributed by atoms with E-state index in [1.165, 1.54) is 28.6 Å². The normalized spacial score (nSPS) is 18.5. The minimum Gasteiger partial charge on any atom is -0.315 e. The van der Waals surface area contributed by atoms with Gasteiger partial charge in [0.05, 0.1) is 9.79 Å². The maximum absolute atomic E-state index is 12.5. The van der Waals surface area contributed by atoms with Gasteiger partial charge in [-0.25, -0.2) is 21.6 Å². The molecule has 10 heteroatoms. The first-order chi connectivity index (χ1) is 10.8. The smallest absolute Gasteiger partial charge is 0.243 e. The Hall–Kier alpha value is -0.710. The third kappa shape index (κ3) is 4.68. The molecule has 1 atom stereocenters. The molecule has 1 unspecified atom stereocenters. The van der Waals surface area contributed by atoms with Crippen LogP contribution in [0.25, 0.3) is 0 Å². The molecular weight excluding hydrogens is 374 g/mol. The van der Waals surface area contributed by atoms with Gasteiger partial charge in [-0.1, -0.05) is 19.9 Å². The van der Waals surface area contributed by atoms with Crippen molar-refractivity contribution < 1.29 is 16.8 Å². The van der Waals surface area contributed by atoms with Crippen molar-refractivity contribution in [2.24, 2.45) is 0 Å². The van der Waals surface area contributed by atoms with Crippen molar-refractivity contribution in [1.29, 1.82) is 0 Å². The average molecular weight is 398 g/mol. The van der Waals surface area contributed by atoms with Crippen molar-refractivity contribution >= 4 is 32.5 Å². The van der Waals surface area contributed by atoms with E-state index in [0.717, 1.165) is 13.0 Å². The molecule has 0 saturated carbocycles. The molecule has 2 rings (SSSR count). The zero-order valence-electron chi connectivity index (χ0n) is 13.7. The Morgan fingerprint density at radius 3 is 2.33 bits per heavy atom. The van der Waals surface area contributed by atoms with Crippen molar-refractivity contribution in [2.75, 3.05) is 26.2 Å². The highest BCUT2D eigenvalue weighted by molar-refractivity contribution is 7.90. The Kier molecular flexibility index (Phi) is 7.64. The molecule has 138 valence electrons. The van der Waals surface area contributed by atoms with Gasteiger partial charge in [0, 0.05) is 25.7 Å². The van der Waals surface area contributed by atoms with Crippen LogP contribution < -0.4 is 10.0 Å². The van der Waals surface area contributed by atoms with E-state index in [4.69, 9.17) is 0 Å². The summed E-state index contributed by atoms with van der Waals surface area (Å²) in [5, 5.41) is 3.08. The van der Waals surface area contributed by atoms with Crippen LogP contribution in [0.2, 0.25) is 0 Å². The summed E-state index contributed by atoms with van der Waals surface area (Å²) in [6, 6.07) is 5.34. The van der Waals surface area contributed by atoms with Crippen molar-refractivity contribution in [3.63, 3.8) is 0 Å². The van der Waals surface area contributed by atoms with Gasteiger partial charge in [0.15, 0.2) is 0 Å². The highest BCUT2D eigenvalue weighted by atomic mass is 35.5. The fraction of sp³-hybridized carbons (Fsp3) is 0.571. The van der Waals surface area contributed by atoms with Gasteiger partial charge in [-0.05, 0) is 31.2 Å². The van der Waals surface area contributed by atoms with Gasteiger partial charge < -0.3 is 5.32 Å². The summed E-state index contributed by atoms with van der Waals surface area (Å²) in [5.41, 5.74) is 0. The van der Waals surface area contributed by atoms with Crippen LogP contribution in [0.4, 0.5) is 0 Å². The fourth-order valence-corrected chi connectivity index (χ4v) is 5.45. The van der Waals surface area contributed by atoms with Gasteiger partial charge in [-0.3, -0.25) is 0 Å². The third-order valence-electron chi connectivity index (χ3n) is 3.84. The molecule has 0 bridgehead atoms. The van der Waals surface area contributed by atoms with E-state index in [0.29, 0.717) is 19.6 Å². The zero-order chi connectivity index (χ0) is 17.1. The first-order valence-corrected chi connectivity index (χ1v) is 10.6. The molecule has 24 heavy (non-hydrogen) atoms. The van der Waals surface area contributed by atoms with E-state index in [1.54, 1.807) is 13.8 Å². The lowest BCUT2D eigenvalue weighted by molar-refractivity contribution is 0.445. The molecular formula is C14H24ClN3O4S2. The average Bonchev–Trinajstić information content (AvgIpc) is 3.00. The summed E-state index contributed by atoms with van der Waals surface area (Å²) >= 11 is 0. The molecule has 0 spiro atoms. The highest BCUT2D eigenvalue weighted by Gasteiger charge is 2.26. The molecule has 0 aliphatic carbocycles. The number of nitrogens with zero attached hydrogens (tertiary/aromatic N) is 1. The summed E-state index contributed by atoms with van der Waals surface area (Å²) in [5.74, 6) is 0. The third-order valence-corrected chi connectivity index (χ3v) is 7.41. The Balaban J connectivity index is 0.00000288. The van der Waals surface area contributed by atoms with Gasteiger partial charge >= 0.3 is 0 Å². The van der Waals surface area contributed by atoms with Crippen LogP contribution in [0.3, 0.4) is 0 Å². The SMILES string of the molecule is CCN(CC)S(=O)(=O)c1cccc(S(=O)(=O)NC2CCNC2)c1.Cl. The van der Waals surface area contributed by atoms with E-state index >= 15 is 0 Å². The van der Waals surface area contributed by atoms with Gasteiger partial charge in [0.2, 0.25) is 20.0 Å². The lowest BCUT2D eigenvalue weighted by Crippen LogP contribution is -2.36. The number of sulfonamides is 2. The molecule has 1 fully saturated rings. The topological polar surface area (TPSA) is 95.6 Å². The van der Waals surface area contributed by atoms with Crippen molar-refractivity contribution in [2.45, 2.75) is 36.1 Å². The summed E-state index contributed by atoms with van der Waals surface area (Å²) in [6.07, 6.45) is 0.719. The van der Waals surface area contributed by atoms with Crippen LogP contribution in [0, 0.1) is 0 Å². The second-order valence-corrected chi connectivity index (χ2v) is 9.03. The summed E-state index contributed by atoms with van der Waals surface area (Å²) < 4.78 is 53.8. The highest BCUT2D eigenvalue weighted by Crippen LogP contribution is 2.20. The zero-order valence-corrected chi connectivity index (χ0v) is 16.2. The van der Waals surface area contributed by atoms with Gasteiger partial charge in [0.25, 0.3) is 0 Å². The van der Waals surface area contributed by atoms with Gasteiger partial charge in [-0.2, -0.15) is 4.31 Å². The van der Waals surface area contributed by atoms with Crippen LogP contribution in [0.15, 0.2) is 34.1 Å². The van der Waals surface area contributed by atoms with E-state index in [9.17, 15) is 16.8 Å². The summed E-state index contributed by atoms with van der Waals surface area (Å²) in [6.45, 7) is 5.51. The standard InChI is InChI=1S/C14H23N3O4S2.ClH/c1-3-17(4-2)23(20,21)14-7-5-6-13(10-14)22(18,19)16-12-8-9-15-11-12;/h5-7,10,12,15-16H,3-4,8-9,11H2,1-2H3;1H. The Labute approximate surface area is 150 Å². The number of halogens is 1. The van der Waals surface area contributed by atoms with Crippen molar-refractivity contribution in [3.8, 4) is 0 Å². The maximum Gasteiger partial charge on any atom is 0.243 e. The van der Waals surface area contributed by atoms with Crippen LogP contribution in [-0.4, -0.2) is 53.4 Å². The molecule has 2 N–H and O–H groups in total. The minimum absolute atomic E-state index is 0. The quantitative estimate of drug-likeness (QED) is 0.708. The largest absolute Gasteiger partial charge is 0.315 e. The molecule has 1 heterocycles. The lowest BCUT2D eigenvalue weighted by atomic mass is 10.3. The van der Waals surface area contributed by atoms with Crippen LogP contribution in [0.1, 0.15) is 20.3 Å². The molecule has 0 radical (unpaired) electrons. The molecule has 1 aliphatic heterocycles. The van der Waals surface area contributed by atoms with Gasteiger partial charge in [0.1, 0.15) is 0 Å². The van der Waals surface area contributed by atoms with Crippen LogP contribution >= 0.6 is 12.4 Å². The minimum atomic E-state index is -3.74. The summed E-state index contributed by atoms with van der Waals surface area (Å²) in [4.78, 5) is -0.0359. The van der Waals surface area contributed by atoms with E-state index in [-0.39, 0.29) is 28.2 Å². The molecule has 1 aromatic carbocycles. The van der Waals surface area contributed by atoms with E-state index in [2.05, 4.69) is 10.0 Å². The van der Waals surface area contributed by atoms with Crippen LogP contribution in [0.5, 0.6) is 0 Å². The number of hydrogen-bond donors (Lipinski definition) is 2. The molecule has 1 aliphatic rings. The number of hydrogen-bond acceptors (Lipinski definition) is 5. The number of benzene rings is 1.